The lowest BCUT2D eigenvalue weighted by atomic mass is 10.1. The lowest BCUT2D eigenvalue weighted by Gasteiger charge is -2.10. The first-order valence-electron chi connectivity index (χ1n) is 8.36. The Bertz CT molecular complexity index is 1020. The molecule has 2 amide bonds. The van der Waals surface area contributed by atoms with Crippen molar-refractivity contribution in [3.8, 4) is 0 Å². The largest absolute Gasteiger partial charge is 0.337 e. The van der Waals surface area contributed by atoms with E-state index in [1.807, 2.05) is 19.1 Å². The van der Waals surface area contributed by atoms with Gasteiger partial charge in [-0.25, -0.2) is 26.8 Å². The van der Waals surface area contributed by atoms with Crippen LogP contribution in [0.25, 0.3) is 0 Å². The fourth-order valence-corrected chi connectivity index (χ4v) is 3.72. The number of hydrogen-bond donors (Lipinski definition) is 4. The maximum Gasteiger partial charge on any atom is 0.319 e. The van der Waals surface area contributed by atoms with Gasteiger partial charge in [0.2, 0.25) is 20.0 Å². The zero-order valence-corrected chi connectivity index (χ0v) is 16.8. The number of primary sulfonamides is 1. The molecular formula is C17H22N4O5S2. The summed E-state index contributed by atoms with van der Waals surface area (Å²) in [5, 5.41) is 10.1. The van der Waals surface area contributed by atoms with Crippen LogP contribution in [0.3, 0.4) is 0 Å². The van der Waals surface area contributed by atoms with Crippen LogP contribution in [0.2, 0.25) is 0 Å². The van der Waals surface area contributed by atoms with E-state index in [4.69, 9.17) is 5.14 Å². The van der Waals surface area contributed by atoms with Gasteiger partial charge < -0.3 is 10.6 Å². The summed E-state index contributed by atoms with van der Waals surface area (Å²) in [6.07, 6.45) is 0.891. The van der Waals surface area contributed by atoms with Gasteiger partial charge in [0.15, 0.2) is 0 Å². The van der Waals surface area contributed by atoms with Gasteiger partial charge in [0.05, 0.1) is 10.6 Å². The van der Waals surface area contributed by atoms with Crippen molar-refractivity contribution in [1.29, 1.82) is 0 Å². The van der Waals surface area contributed by atoms with E-state index in [1.54, 1.807) is 12.1 Å². The number of aryl methyl sites for hydroxylation is 1. The average molecular weight is 427 g/mol. The number of hydrogen-bond acceptors (Lipinski definition) is 5. The Morgan fingerprint density at radius 2 is 1.50 bits per heavy atom. The van der Waals surface area contributed by atoms with E-state index in [2.05, 4.69) is 15.4 Å². The molecule has 5 N–H and O–H groups in total. The van der Waals surface area contributed by atoms with Gasteiger partial charge in [0, 0.05) is 17.9 Å². The van der Waals surface area contributed by atoms with Crippen molar-refractivity contribution < 1.29 is 21.6 Å². The number of sulfonamides is 2. The van der Waals surface area contributed by atoms with Crippen molar-refractivity contribution >= 4 is 37.5 Å². The van der Waals surface area contributed by atoms with E-state index in [1.165, 1.54) is 24.3 Å². The number of carbonyl (C=O) groups is 1. The maximum atomic E-state index is 12.1. The summed E-state index contributed by atoms with van der Waals surface area (Å²) >= 11 is 0. The quantitative estimate of drug-likeness (QED) is 0.504. The Morgan fingerprint density at radius 3 is 2.04 bits per heavy atom. The highest BCUT2D eigenvalue weighted by Gasteiger charge is 2.13. The molecule has 0 saturated heterocycles. The topological polar surface area (TPSA) is 147 Å². The second-order valence-corrected chi connectivity index (χ2v) is 9.32. The fourth-order valence-electron chi connectivity index (χ4n) is 2.24. The smallest absolute Gasteiger partial charge is 0.319 e. The van der Waals surface area contributed by atoms with Gasteiger partial charge in [-0.05, 0) is 48.4 Å². The first-order valence-corrected chi connectivity index (χ1v) is 11.6. The maximum absolute atomic E-state index is 12.1. The average Bonchev–Trinajstić information content (AvgIpc) is 2.61. The summed E-state index contributed by atoms with van der Waals surface area (Å²) in [5.41, 5.74) is 1.93. The Labute approximate surface area is 164 Å². The molecule has 0 aliphatic carbocycles. The third-order valence-corrected chi connectivity index (χ3v) is 5.95. The monoisotopic (exact) mass is 426 g/mol. The van der Waals surface area contributed by atoms with Crippen molar-refractivity contribution in [1.82, 2.24) is 5.32 Å². The van der Waals surface area contributed by atoms with Crippen LogP contribution in [-0.2, 0) is 26.5 Å². The molecule has 0 aromatic heterocycles. The molecule has 0 spiro atoms. The highest BCUT2D eigenvalue weighted by molar-refractivity contribution is 7.92. The predicted octanol–water partition coefficient (Wildman–Crippen LogP) is 1.46. The zero-order valence-electron chi connectivity index (χ0n) is 15.2. The van der Waals surface area contributed by atoms with Crippen molar-refractivity contribution in [3.05, 3.63) is 54.1 Å². The third kappa shape index (κ3) is 6.83. The highest BCUT2D eigenvalue weighted by Crippen LogP contribution is 2.14. The number of benzene rings is 2. The SMILES string of the molecule is CCc1ccc(NC(=O)NCCS(=O)(=O)Nc2ccc(S(N)(=O)=O)cc2)cc1. The second kappa shape index (κ2) is 9.04. The molecule has 152 valence electrons. The van der Waals surface area contributed by atoms with Crippen molar-refractivity contribution in [2.75, 3.05) is 22.3 Å². The summed E-state index contributed by atoms with van der Waals surface area (Å²) in [6, 6.07) is 11.8. The van der Waals surface area contributed by atoms with E-state index < -0.39 is 26.1 Å². The Hall–Kier alpha value is -2.63. The summed E-state index contributed by atoms with van der Waals surface area (Å²) < 4.78 is 48.8. The molecule has 0 aliphatic heterocycles. The summed E-state index contributed by atoms with van der Waals surface area (Å²) in [4.78, 5) is 11.7. The van der Waals surface area contributed by atoms with Crippen molar-refractivity contribution in [2.24, 2.45) is 5.14 Å². The molecule has 0 radical (unpaired) electrons. The van der Waals surface area contributed by atoms with Crippen LogP contribution in [-0.4, -0.2) is 35.2 Å². The predicted molar refractivity (Wildman–Crippen MR) is 108 cm³/mol. The molecule has 2 rings (SSSR count). The van der Waals surface area contributed by atoms with Crippen LogP contribution in [0.1, 0.15) is 12.5 Å². The zero-order chi connectivity index (χ0) is 20.8. The molecule has 28 heavy (non-hydrogen) atoms. The molecule has 0 heterocycles. The van der Waals surface area contributed by atoms with Gasteiger partial charge in [-0.15, -0.1) is 0 Å². The van der Waals surface area contributed by atoms with Gasteiger partial charge in [-0.3, -0.25) is 4.72 Å². The second-order valence-electron chi connectivity index (χ2n) is 5.92. The van der Waals surface area contributed by atoms with Gasteiger partial charge in [0.25, 0.3) is 0 Å². The van der Waals surface area contributed by atoms with Crippen LogP contribution < -0.4 is 20.5 Å². The number of rotatable bonds is 8. The molecule has 0 bridgehead atoms. The first kappa shape index (κ1) is 21.7. The summed E-state index contributed by atoms with van der Waals surface area (Å²) in [6.45, 7) is 1.92. The van der Waals surface area contributed by atoms with Gasteiger partial charge in [0.1, 0.15) is 0 Å². The lowest BCUT2D eigenvalue weighted by Crippen LogP contribution is -2.34. The molecule has 11 heteroatoms. The molecular weight excluding hydrogens is 404 g/mol. The minimum Gasteiger partial charge on any atom is -0.337 e. The van der Waals surface area contributed by atoms with Gasteiger partial charge in [-0.2, -0.15) is 0 Å². The Balaban J connectivity index is 1.83. The lowest BCUT2D eigenvalue weighted by molar-refractivity contribution is 0.252. The van der Waals surface area contributed by atoms with E-state index >= 15 is 0 Å². The standard InChI is InChI=1S/C17H22N4O5S2/c1-2-13-3-5-14(6-4-13)20-17(22)19-11-12-27(23,24)21-15-7-9-16(10-8-15)28(18,25)26/h3-10,21H,2,11-12H2,1H3,(H2,18,25,26)(H2,19,20,22). The fraction of sp³-hybridized carbons (Fsp3) is 0.235. The van der Waals surface area contributed by atoms with Gasteiger partial charge >= 0.3 is 6.03 Å². The van der Waals surface area contributed by atoms with Crippen molar-refractivity contribution in [2.45, 2.75) is 18.2 Å². The first-order chi connectivity index (χ1) is 13.1. The normalized spacial score (nSPS) is 11.6. The van der Waals surface area contributed by atoms with Gasteiger partial charge in [-0.1, -0.05) is 19.1 Å². The molecule has 2 aromatic rings. The Morgan fingerprint density at radius 1 is 0.929 bits per heavy atom. The molecule has 0 atom stereocenters. The number of amides is 2. The minimum atomic E-state index is -3.85. The van der Waals surface area contributed by atoms with Crippen LogP contribution in [0.15, 0.2) is 53.4 Å². The summed E-state index contributed by atoms with van der Waals surface area (Å²) in [5.74, 6) is -0.355. The number of anilines is 2. The minimum absolute atomic E-state index is 0.108. The number of nitrogens with two attached hydrogens (primary N) is 1. The number of carbonyl (C=O) groups excluding carboxylic acids is 1. The van der Waals surface area contributed by atoms with E-state index in [0.29, 0.717) is 5.69 Å². The third-order valence-electron chi connectivity index (χ3n) is 3.73. The van der Waals surface area contributed by atoms with Crippen LogP contribution >= 0.6 is 0 Å². The Kier molecular flexibility index (Phi) is 7.00. The molecule has 0 aliphatic rings. The molecule has 0 unspecified atom stereocenters. The van der Waals surface area contributed by atoms with Crippen LogP contribution in [0.4, 0.5) is 16.2 Å². The van der Waals surface area contributed by atoms with E-state index in [9.17, 15) is 21.6 Å². The summed E-state index contributed by atoms with van der Waals surface area (Å²) in [7, 11) is -7.58. The highest BCUT2D eigenvalue weighted by atomic mass is 32.2. The van der Waals surface area contributed by atoms with Crippen LogP contribution in [0, 0.1) is 0 Å². The van der Waals surface area contributed by atoms with E-state index in [-0.39, 0.29) is 22.9 Å². The van der Waals surface area contributed by atoms with E-state index in [0.717, 1.165) is 12.0 Å². The van der Waals surface area contributed by atoms with Crippen molar-refractivity contribution in [3.63, 3.8) is 0 Å². The molecule has 9 nitrogen and oxygen atoms in total. The number of nitrogens with one attached hydrogen (secondary N) is 3. The van der Waals surface area contributed by atoms with Crippen LogP contribution in [0.5, 0.6) is 0 Å². The molecule has 0 fully saturated rings. The molecule has 0 saturated carbocycles. The molecule has 2 aromatic carbocycles. The number of urea groups is 1.